The van der Waals surface area contributed by atoms with Gasteiger partial charge in [-0.05, 0) is 47.2 Å². The first-order valence-corrected chi connectivity index (χ1v) is 10.0. The first kappa shape index (κ1) is 18.5. The Morgan fingerprint density at radius 1 is 0.893 bits per heavy atom. The van der Waals surface area contributed by atoms with E-state index in [9.17, 15) is 4.79 Å². The minimum atomic E-state index is -0.0713. The fraction of sp³-hybridized carbons (Fsp3) is 0.0435. The van der Waals surface area contributed by atoms with Gasteiger partial charge in [0.05, 0.1) is 17.1 Å². The van der Waals surface area contributed by atoms with E-state index < -0.39 is 0 Å². The minimum Gasteiger partial charge on any atom is -0.268 e. The summed E-state index contributed by atoms with van der Waals surface area (Å²) in [7, 11) is 0. The van der Waals surface area contributed by atoms with Crippen LogP contribution in [0.25, 0.3) is 6.08 Å². The van der Waals surface area contributed by atoms with Crippen LogP contribution in [-0.2, 0) is 11.3 Å². The van der Waals surface area contributed by atoms with Crippen molar-refractivity contribution in [2.45, 2.75) is 6.54 Å². The molecule has 0 bridgehead atoms. The third-order valence-electron chi connectivity index (χ3n) is 4.26. The van der Waals surface area contributed by atoms with Crippen LogP contribution in [0.3, 0.4) is 0 Å². The van der Waals surface area contributed by atoms with Crippen molar-refractivity contribution < 1.29 is 4.79 Å². The molecule has 1 aliphatic rings. The van der Waals surface area contributed by atoms with Crippen molar-refractivity contribution >= 4 is 46.2 Å². The van der Waals surface area contributed by atoms with Crippen LogP contribution in [0.2, 0.25) is 5.02 Å². The van der Waals surface area contributed by atoms with Gasteiger partial charge in [-0.2, -0.15) is 0 Å². The predicted octanol–water partition coefficient (Wildman–Crippen LogP) is 6.02. The molecule has 5 heteroatoms. The van der Waals surface area contributed by atoms with Gasteiger partial charge >= 0.3 is 0 Å². The van der Waals surface area contributed by atoms with E-state index in [0.29, 0.717) is 21.6 Å². The molecule has 138 valence electrons. The fourth-order valence-electron chi connectivity index (χ4n) is 2.86. The predicted molar refractivity (Wildman–Crippen MR) is 119 cm³/mol. The van der Waals surface area contributed by atoms with Crippen LogP contribution in [-0.4, -0.2) is 11.1 Å². The first-order chi connectivity index (χ1) is 13.7. The standard InChI is InChI=1S/C23H17ClN2OS/c24-20-14-8-7-11-18(20)16-25-23-26(19-12-5-2-6-13-19)22(27)21(28-23)15-17-9-3-1-4-10-17/h1-15H,16H2/b21-15-,25-23-. The molecule has 0 aromatic heterocycles. The molecule has 1 saturated heterocycles. The molecule has 0 radical (unpaired) electrons. The SMILES string of the molecule is O=C1/C(=C/c2ccccc2)S/C(=N\Cc2ccccc2Cl)N1c1ccccc1. The maximum absolute atomic E-state index is 13.1. The summed E-state index contributed by atoms with van der Waals surface area (Å²) in [5, 5.41) is 1.32. The molecule has 0 atom stereocenters. The Morgan fingerprint density at radius 3 is 2.25 bits per heavy atom. The molecule has 0 spiro atoms. The van der Waals surface area contributed by atoms with E-state index in [1.807, 2.05) is 91.0 Å². The van der Waals surface area contributed by atoms with Crippen molar-refractivity contribution in [3.05, 3.63) is 106 Å². The van der Waals surface area contributed by atoms with Gasteiger partial charge in [-0.15, -0.1) is 0 Å². The molecule has 0 N–H and O–H groups in total. The quantitative estimate of drug-likeness (QED) is 0.498. The second-order valence-corrected chi connectivity index (χ2v) is 7.60. The number of amides is 1. The van der Waals surface area contributed by atoms with Crippen LogP contribution < -0.4 is 4.90 Å². The topological polar surface area (TPSA) is 32.7 Å². The number of rotatable bonds is 4. The number of halogens is 1. The zero-order valence-electron chi connectivity index (χ0n) is 15.0. The average molecular weight is 405 g/mol. The lowest BCUT2D eigenvalue weighted by Crippen LogP contribution is -2.28. The molecule has 0 saturated carbocycles. The Bertz CT molecular complexity index is 1050. The summed E-state index contributed by atoms with van der Waals surface area (Å²) in [6.45, 7) is 0.414. The van der Waals surface area contributed by atoms with E-state index in [1.54, 1.807) is 4.90 Å². The van der Waals surface area contributed by atoms with Crippen molar-refractivity contribution in [1.29, 1.82) is 0 Å². The third kappa shape index (κ3) is 4.03. The van der Waals surface area contributed by atoms with Gasteiger partial charge < -0.3 is 0 Å². The van der Waals surface area contributed by atoms with E-state index >= 15 is 0 Å². The number of anilines is 1. The maximum atomic E-state index is 13.1. The van der Waals surface area contributed by atoms with Gasteiger partial charge in [0, 0.05) is 5.02 Å². The molecule has 1 aliphatic heterocycles. The number of thioether (sulfide) groups is 1. The molecule has 1 amide bonds. The molecule has 1 fully saturated rings. The smallest absolute Gasteiger partial charge is 0.268 e. The molecule has 3 nitrogen and oxygen atoms in total. The van der Waals surface area contributed by atoms with Crippen LogP contribution in [0.5, 0.6) is 0 Å². The van der Waals surface area contributed by atoms with E-state index in [1.165, 1.54) is 11.8 Å². The van der Waals surface area contributed by atoms with Crippen molar-refractivity contribution in [1.82, 2.24) is 0 Å². The molecule has 1 heterocycles. The van der Waals surface area contributed by atoms with Crippen molar-refractivity contribution in [3.8, 4) is 0 Å². The number of benzene rings is 3. The van der Waals surface area contributed by atoms with Crippen molar-refractivity contribution in [2.24, 2.45) is 4.99 Å². The highest BCUT2D eigenvalue weighted by molar-refractivity contribution is 8.19. The highest BCUT2D eigenvalue weighted by Gasteiger charge is 2.34. The van der Waals surface area contributed by atoms with Crippen molar-refractivity contribution in [3.63, 3.8) is 0 Å². The highest BCUT2D eigenvalue weighted by Crippen LogP contribution is 2.36. The lowest BCUT2D eigenvalue weighted by molar-refractivity contribution is -0.113. The summed E-state index contributed by atoms with van der Waals surface area (Å²) in [4.78, 5) is 20.2. The molecule has 0 aliphatic carbocycles. The van der Waals surface area contributed by atoms with Crippen LogP contribution in [0.15, 0.2) is 94.8 Å². The maximum Gasteiger partial charge on any atom is 0.271 e. The molecule has 0 unspecified atom stereocenters. The Kier molecular flexibility index (Phi) is 5.60. The second-order valence-electron chi connectivity index (χ2n) is 6.19. The lowest BCUT2D eigenvalue weighted by atomic mass is 10.2. The summed E-state index contributed by atoms with van der Waals surface area (Å²) in [6, 6.07) is 27.0. The number of hydrogen-bond donors (Lipinski definition) is 0. The Labute approximate surface area is 173 Å². The number of nitrogens with zero attached hydrogens (tertiary/aromatic N) is 2. The summed E-state index contributed by atoms with van der Waals surface area (Å²) < 4.78 is 0. The van der Waals surface area contributed by atoms with Crippen LogP contribution in [0.1, 0.15) is 11.1 Å². The summed E-state index contributed by atoms with van der Waals surface area (Å²) in [5.41, 5.74) is 2.71. The zero-order valence-corrected chi connectivity index (χ0v) is 16.5. The zero-order chi connectivity index (χ0) is 19.3. The number of aliphatic imine (C=N–C) groups is 1. The molecule has 3 aromatic carbocycles. The van der Waals surface area contributed by atoms with E-state index in [0.717, 1.165) is 16.8 Å². The Morgan fingerprint density at radius 2 is 1.54 bits per heavy atom. The molecular formula is C23H17ClN2OS. The highest BCUT2D eigenvalue weighted by atomic mass is 35.5. The molecule has 4 rings (SSSR count). The summed E-state index contributed by atoms with van der Waals surface area (Å²) in [5.74, 6) is -0.0713. The monoisotopic (exact) mass is 404 g/mol. The van der Waals surface area contributed by atoms with E-state index in [-0.39, 0.29) is 5.91 Å². The molecular weight excluding hydrogens is 388 g/mol. The molecule has 28 heavy (non-hydrogen) atoms. The third-order valence-corrected chi connectivity index (χ3v) is 5.64. The van der Waals surface area contributed by atoms with Crippen LogP contribution >= 0.6 is 23.4 Å². The average Bonchev–Trinajstić information content (AvgIpc) is 3.04. The summed E-state index contributed by atoms with van der Waals surface area (Å²) >= 11 is 7.65. The largest absolute Gasteiger partial charge is 0.271 e. The van der Waals surface area contributed by atoms with Gasteiger partial charge in [0.2, 0.25) is 0 Å². The van der Waals surface area contributed by atoms with Gasteiger partial charge in [0.25, 0.3) is 5.91 Å². The van der Waals surface area contributed by atoms with Crippen LogP contribution in [0, 0.1) is 0 Å². The van der Waals surface area contributed by atoms with Gasteiger partial charge in [0.15, 0.2) is 5.17 Å². The lowest BCUT2D eigenvalue weighted by Gasteiger charge is -2.15. The van der Waals surface area contributed by atoms with Crippen LogP contribution in [0.4, 0.5) is 5.69 Å². The number of hydrogen-bond acceptors (Lipinski definition) is 3. The Balaban J connectivity index is 1.70. The number of carbonyl (C=O) groups excluding carboxylic acids is 1. The second kappa shape index (κ2) is 8.46. The fourth-order valence-corrected chi connectivity index (χ4v) is 4.04. The first-order valence-electron chi connectivity index (χ1n) is 8.84. The van der Waals surface area contributed by atoms with Gasteiger partial charge in [-0.3, -0.25) is 14.7 Å². The van der Waals surface area contributed by atoms with Gasteiger partial charge in [-0.1, -0.05) is 78.3 Å². The van der Waals surface area contributed by atoms with Crippen molar-refractivity contribution in [2.75, 3.05) is 4.90 Å². The van der Waals surface area contributed by atoms with Gasteiger partial charge in [-0.25, -0.2) is 0 Å². The van der Waals surface area contributed by atoms with E-state index in [4.69, 9.17) is 16.6 Å². The molecule has 3 aromatic rings. The van der Waals surface area contributed by atoms with E-state index in [2.05, 4.69) is 0 Å². The van der Waals surface area contributed by atoms with Gasteiger partial charge in [0.1, 0.15) is 0 Å². The Hall–Kier alpha value is -2.82. The number of carbonyl (C=O) groups is 1. The summed E-state index contributed by atoms with van der Waals surface area (Å²) in [6.07, 6.45) is 1.90. The normalized spacial score (nSPS) is 16.9. The number of amidine groups is 1. The minimum absolute atomic E-state index is 0.0713. The number of para-hydroxylation sites is 1.